The number of anilines is 1. The Balaban J connectivity index is 1.27. The molecule has 1 amide bonds. The van der Waals surface area contributed by atoms with Crippen molar-refractivity contribution in [3.05, 3.63) is 58.4 Å². The van der Waals surface area contributed by atoms with Crippen LogP contribution in [-0.2, 0) is 11.3 Å². The molecule has 2 heterocycles. The summed E-state index contributed by atoms with van der Waals surface area (Å²) in [5.41, 5.74) is 1.45. The van der Waals surface area contributed by atoms with E-state index in [1.165, 1.54) is 0 Å². The number of halogens is 2. The monoisotopic (exact) mass is 474 g/mol. The van der Waals surface area contributed by atoms with Crippen LogP contribution in [0.2, 0.25) is 10.0 Å². The fourth-order valence-corrected chi connectivity index (χ4v) is 4.18. The Kier molecular flexibility index (Phi) is 7.29. The summed E-state index contributed by atoms with van der Waals surface area (Å²) in [5, 5.41) is 8.07. The number of hydrogen-bond donors (Lipinski definition) is 1. The number of hydrogen-bond acceptors (Lipinski definition) is 6. The molecule has 0 saturated carbocycles. The van der Waals surface area contributed by atoms with Gasteiger partial charge in [0.2, 0.25) is 17.6 Å². The maximum atomic E-state index is 12.6. The molecule has 168 valence electrons. The maximum Gasteiger partial charge on any atom is 0.241 e. The average molecular weight is 475 g/mol. The summed E-state index contributed by atoms with van der Waals surface area (Å²) < 4.78 is 10.8. The number of amides is 1. The van der Waals surface area contributed by atoms with Crippen LogP contribution in [0, 0.1) is 5.92 Å². The molecule has 1 aliphatic rings. The number of aromatic nitrogens is 2. The minimum atomic E-state index is -0.0241. The Morgan fingerprint density at radius 2 is 1.94 bits per heavy atom. The number of rotatable bonds is 7. The van der Waals surface area contributed by atoms with Crippen molar-refractivity contribution in [2.24, 2.45) is 5.92 Å². The molecule has 32 heavy (non-hydrogen) atoms. The standard InChI is InChI=1S/C23H24Cl2N4O3/c1-2-31-18-6-4-17(5-7-18)26-23(30)15-9-11-29(12-10-15)14-21-27-22(28-32-21)19-8-3-16(24)13-20(19)25/h3-8,13,15H,2,9-12,14H2,1H3,(H,26,30). The highest BCUT2D eigenvalue weighted by atomic mass is 35.5. The van der Waals surface area contributed by atoms with Crippen molar-refractivity contribution < 1.29 is 14.1 Å². The van der Waals surface area contributed by atoms with Gasteiger partial charge in [-0.1, -0.05) is 28.4 Å². The number of piperidine rings is 1. The molecule has 9 heteroatoms. The SMILES string of the molecule is CCOc1ccc(NC(=O)C2CCN(Cc3nc(-c4ccc(Cl)cc4Cl)no3)CC2)cc1. The summed E-state index contributed by atoms with van der Waals surface area (Å²) >= 11 is 12.2. The normalized spacial score (nSPS) is 15.0. The zero-order valence-electron chi connectivity index (χ0n) is 17.7. The molecule has 0 bridgehead atoms. The predicted molar refractivity (Wildman–Crippen MR) is 124 cm³/mol. The van der Waals surface area contributed by atoms with Crippen LogP contribution in [0.5, 0.6) is 5.75 Å². The van der Waals surface area contributed by atoms with Crippen molar-refractivity contribution >= 4 is 34.8 Å². The highest BCUT2D eigenvalue weighted by Crippen LogP contribution is 2.29. The maximum absolute atomic E-state index is 12.6. The van der Waals surface area contributed by atoms with Gasteiger partial charge in [-0.05, 0) is 75.3 Å². The first-order valence-corrected chi connectivity index (χ1v) is 11.3. The van der Waals surface area contributed by atoms with Gasteiger partial charge in [0, 0.05) is 22.2 Å². The fourth-order valence-electron chi connectivity index (χ4n) is 3.69. The largest absolute Gasteiger partial charge is 0.494 e. The summed E-state index contributed by atoms with van der Waals surface area (Å²) in [7, 11) is 0. The average Bonchev–Trinajstić information content (AvgIpc) is 3.24. The van der Waals surface area contributed by atoms with E-state index in [4.69, 9.17) is 32.5 Å². The smallest absolute Gasteiger partial charge is 0.241 e. The second kappa shape index (κ2) is 10.3. The molecule has 1 saturated heterocycles. The molecular weight excluding hydrogens is 451 g/mol. The van der Waals surface area contributed by atoms with Crippen LogP contribution in [0.4, 0.5) is 5.69 Å². The van der Waals surface area contributed by atoms with E-state index in [0.29, 0.717) is 40.5 Å². The second-order valence-corrected chi connectivity index (χ2v) is 8.48. The van der Waals surface area contributed by atoms with Crippen LogP contribution in [0.15, 0.2) is 47.0 Å². The highest BCUT2D eigenvalue weighted by molar-refractivity contribution is 6.36. The van der Waals surface area contributed by atoms with Crippen molar-refractivity contribution in [2.75, 3.05) is 25.0 Å². The van der Waals surface area contributed by atoms with Gasteiger partial charge < -0.3 is 14.6 Å². The van der Waals surface area contributed by atoms with Gasteiger partial charge in [-0.3, -0.25) is 9.69 Å². The third kappa shape index (κ3) is 5.59. The van der Waals surface area contributed by atoms with E-state index in [9.17, 15) is 4.79 Å². The summed E-state index contributed by atoms with van der Waals surface area (Å²) in [5.74, 6) is 1.77. The number of likely N-dealkylation sites (tertiary alicyclic amines) is 1. The van der Waals surface area contributed by atoms with Crippen LogP contribution in [0.1, 0.15) is 25.7 Å². The summed E-state index contributed by atoms with van der Waals surface area (Å²) in [6.45, 7) is 4.64. The first-order chi connectivity index (χ1) is 15.5. The van der Waals surface area contributed by atoms with E-state index in [1.54, 1.807) is 18.2 Å². The minimum absolute atomic E-state index is 0.0241. The van der Waals surface area contributed by atoms with Gasteiger partial charge in [0.25, 0.3) is 0 Å². The number of nitrogens with zero attached hydrogens (tertiary/aromatic N) is 3. The van der Waals surface area contributed by atoms with Crippen LogP contribution < -0.4 is 10.1 Å². The lowest BCUT2D eigenvalue weighted by Gasteiger charge is -2.30. The molecule has 1 N–H and O–H groups in total. The lowest BCUT2D eigenvalue weighted by atomic mass is 9.96. The third-order valence-electron chi connectivity index (χ3n) is 5.39. The molecule has 0 spiro atoms. The predicted octanol–water partition coefficient (Wildman–Crippen LogP) is 5.29. The van der Waals surface area contributed by atoms with Gasteiger partial charge >= 0.3 is 0 Å². The van der Waals surface area contributed by atoms with Crippen molar-refractivity contribution in [3.63, 3.8) is 0 Å². The Bertz CT molecular complexity index is 1060. The van der Waals surface area contributed by atoms with Gasteiger partial charge in [0.15, 0.2) is 0 Å². The molecule has 3 aromatic rings. The van der Waals surface area contributed by atoms with Crippen LogP contribution in [0.25, 0.3) is 11.4 Å². The quantitative estimate of drug-likeness (QED) is 0.500. The summed E-state index contributed by atoms with van der Waals surface area (Å²) in [6.07, 6.45) is 1.54. The van der Waals surface area contributed by atoms with Gasteiger partial charge in [-0.15, -0.1) is 0 Å². The number of benzene rings is 2. The number of carbonyl (C=O) groups excluding carboxylic acids is 1. The Morgan fingerprint density at radius 1 is 1.19 bits per heavy atom. The third-order valence-corrected chi connectivity index (χ3v) is 5.94. The molecule has 0 unspecified atom stereocenters. The molecule has 7 nitrogen and oxygen atoms in total. The van der Waals surface area contributed by atoms with Gasteiger partial charge in [-0.2, -0.15) is 4.98 Å². The zero-order valence-corrected chi connectivity index (χ0v) is 19.2. The number of carbonyl (C=O) groups is 1. The first kappa shape index (κ1) is 22.6. The molecule has 1 aromatic heterocycles. The van der Waals surface area contributed by atoms with Crippen molar-refractivity contribution in [2.45, 2.75) is 26.3 Å². The van der Waals surface area contributed by atoms with Gasteiger partial charge in [0.1, 0.15) is 5.75 Å². The molecule has 1 fully saturated rings. The molecule has 0 aliphatic carbocycles. The van der Waals surface area contributed by atoms with Crippen LogP contribution >= 0.6 is 23.2 Å². The Hall–Kier alpha value is -2.61. The lowest BCUT2D eigenvalue weighted by molar-refractivity contribution is -0.121. The summed E-state index contributed by atoms with van der Waals surface area (Å²) in [4.78, 5) is 19.3. The highest BCUT2D eigenvalue weighted by Gasteiger charge is 2.26. The van der Waals surface area contributed by atoms with Crippen molar-refractivity contribution in [1.29, 1.82) is 0 Å². The van der Waals surface area contributed by atoms with E-state index >= 15 is 0 Å². The molecular formula is C23H24Cl2N4O3. The molecule has 1 aliphatic heterocycles. The first-order valence-electron chi connectivity index (χ1n) is 10.6. The summed E-state index contributed by atoms with van der Waals surface area (Å²) in [6, 6.07) is 12.6. The number of nitrogens with one attached hydrogen (secondary N) is 1. The van der Waals surface area contributed by atoms with Crippen molar-refractivity contribution in [1.82, 2.24) is 15.0 Å². The van der Waals surface area contributed by atoms with E-state index < -0.39 is 0 Å². The molecule has 2 aromatic carbocycles. The second-order valence-electron chi connectivity index (χ2n) is 7.63. The van der Waals surface area contributed by atoms with Crippen LogP contribution in [-0.4, -0.2) is 40.6 Å². The van der Waals surface area contributed by atoms with Crippen LogP contribution in [0.3, 0.4) is 0 Å². The molecule has 0 radical (unpaired) electrons. The van der Waals surface area contributed by atoms with E-state index in [-0.39, 0.29) is 11.8 Å². The zero-order chi connectivity index (χ0) is 22.5. The van der Waals surface area contributed by atoms with Gasteiger partial charge in [-0.25, -0.2) is 0 Å². The minimum Gasteiger partial charge on any atom is -0.494 e. The van der Waals surface area contributed by atoms with Gasteiger partial charge in [0.05, 0.1) is 18.2 Å². The molecule has 0 atom stereocenters. The van der Waals surface area contributed by atoms with E-state index in [0.717, 1.165) is 37.4 Å². The van der Waals surface area contributed by atoms with Crippen molar-refractivity contribution in [3.8, 4) is 17.1 Å². The number of ether oxygens (including phenoxy) is 1. The van der Waals surface area contributed by atoms with E-state index in [2.05, 4.69) is 20.4 Å². The Morgan fingerprint density at radius 3 is 2.62 bits per heavy atom. The lowest BCUT2D eigenvalue weighted by Crippen LogP contribution is -2.37. The topological polar surface area (TPSA) is 80.5 Å². The Labute approximate surface area is 196 Å². The molecule has 4 rings (SSSR count). The van der Waals surface area contributed by atoms with E-state index in [1.807, 2.05) is 31.2 Å². The fraction of sp³-hybridized carbons (Fsp3) is 0.348.